The lowest BCUT2D eigenvalue weighted by molar-refractivity contribution is -0.0927. The molecule has 0 rings (SSSR count). The topological polar surface area (TPSA) is 59.1 Å². The van der Waals surface area contributed by atoms with Gasteiger partial charge >= 0.3 is 6.18 Å². The van der Waals surface area contributed by atoms with Crippen LogP contribution >= 0.6 is 22.6 Å². The molecule has 0 aromatic heterocycles. The Kier molecular flexibility index (Phi) is 4.51. The summed E-state index contributed by atoms with van der Waals surface area (Å²) in [6.07, 6.45) is -4.61. The first-order valence-electron chi connectivity index (χ1n) is 3.24. The van der Waals surface area contributed by atoms with E-state index in [1.165, 1.54) is 22.6 Å². The minimum absolute atomic E-state index is 0.135. The summed E-state index contributed by atoms with van der Waals surface area (Å²) in [6.45, 7) is 1.71. The average molecular weight is 308 g/mol. The average Bonchev–Trinajstić information content (AvgIpc) is 2.00. The molecule has 0 unspecified atom stereocenters. The van der Waals surface area contributed by atoms with E-state index >= 15 is 0 Å². The van der Waals surface area contributed by atoms with Gasteiger partial charge in [0.2, 0.25) is 5.90 Å². The molecule has 0 saturated heterocycles. The molecule has 0 aromatic carbocycles. The molecule has 0 bridgehead atoms. The summed E-state index contributed by atoms with van der Waals surface area (Å²) in [6, 6.07) is 0. The zero-order valence-corrected chi connectivity index (χ0v) is 8.86. The minimum atomic E-state index is -4.61. The van der Waals surface area contributed by atoms with Crippen molar-refractivity contribution in [3.63, 3.8) is 0 Å². The summed E-state index contributed by atoms with van der Waals surface area (Å²) < 4.78 is 40.0. The number of nitrogens with one attached hydrogen (secondary N) is 1. The lowest BCUT2D eigenvalue weighted by atomic mass is 10.4. The first-order chi connectivity index (χ1) is 5.80. The first-order valence-corrected chi connectivity index (χ1v) is 4.32. The smallest absolute Gasteiger partial charge is 0.431 e. The summed E-state index contributed by atoms with van der Waals surface area (Å²) in [7, 11) is 0. The van der Waals surface area contributed by atoms with Crippen LogP contribution in [0.3, 0.4) is 0 Å². The summed E-state index contributed by atoms with van der Waals surface area (Å²) >= 11 is 1.33. The molecule has 0 radical (unpaired) electrons. The maximum absolute atomic E-state index is 12.0. The molecule has 0 aliphatic rings. The molecule has 0 fully saturated rings. The van der Waals surface area contributed by atoms with E-state index in [-0.39, 0.29) is 6.61 Å². The summed E-state index contributed by atoms with van der Waals surface area (Å²) in [4.78, 5) is 0. The van der Waals surface area contributed by atoms with E-state index in [1.54, 1.807) is 6.92 Å². The highest BCUT2D eigenvalue weighted by atomic mass is 127. The highest BCUT2D eigenvalue weighted by molar-refractivity contribution is 14.1. The number of allylic oxidation sites excluding steroid dienone is 1. The number of nitrogens with two attached hydrogens (primary N) is 1. The van der Waals surface area contributed by atoms with E-state index in [2.05, 4.69) is 4.74 Å². The molecule has 76 valence electrons. The fourth-order valence-electron chi connectivity index (χ4n) is 0.454. The summed E-state index contributed by atoms with van der Waals surface area (Å²) in [5.74, 6) is -0.557. The van der Waals surface area contributed by atoms with Crippen LogP contribution in [0.15, 0.2) is 9.28 Å². The van der Waals surface area contributed by atoms with Gasteiger partial charge in [-0.25, -0.2) is 0 Å². The molecule has 0 aliphatic heterocycles. The van der Waals surface area contributed by atoms with Crippen molar-refractivity contribution in [2.24, 2.45) is 5.73 Å². The molecule has 0 aromatic rings. The predicted octanol–water partition coefficient (Wildman–Crippen LogP) is 2.17. The Hall–Kier alpha value is -0.470. The highest BCUT2D eigenvalue weighted by Gasteiger charge is 2.35. The lowest BCUT2D eigenvalue weighted by Gasteiger charge is -2.10. The number of alkyl halides is 3. The van der Waals surface area contributed by atoms with Crippen LogP contribution in [0.1, 0.15) is 6.92 Å². The van der Waals surface area contributed by atoms with Gasteiger partial charge in [-0.15, -0.1) is 0 Å². The van der Waals surface area contributed by atoms with Crippen LogP contribution in [0.25, 0.3) is 0 Å². The molecule has 3 nitrogen and oxygen atoms in total. The van der Waals surface area contributed by atoms with Crippen molar-refractivity contribution < 1.29 is 17.9 Å². The van der Waals surface area contributed by atoms with Crippen LogP contribution in [0.5, 0.6) is 0 Å². The van der Waals surface area contributed by atoms with E-state index in [0.29, 0.717) is 0 Å². The highest BCUT2D eigenvalue weighted by Crippen LogP contribution is 2.27. The fourth-order valence-corrected chi connectivity index (χ4v) is 0.916. The van der Waals surface area contributed by atoms with Gasteiger partial charge in [-0.3, -0.25) is 5.41 Å². The molecule has 0 atom stereocenters. The standard InChI is InChI=1S/C6H8F3IN2O/c1-2-13-5(12)3(10)4(11)6(7,8)9/h12H,2,11H2,1H3/b4-3+,12-5?. The van der Waals surface area contributed by atoms with Gasteiger partial charge in [0.05, 0.1) is 6.61 Å². The Morgan fingerprint density at radius 3 is 2.31 bits per heavy atom. The van der Waals surface area contributed by atoms with Crippen LogP contribution in [0, 0.1) is 5.41 Å². The molecule has 0 spiro atoms. The Morgan fingerprint density at radius 2 is 2.00 bits per heavy atom. The monoisotopic (exact) mass is 308 g/mol. The largest absolute Gasteiger partial charge is 0.478 e. The quantitative estimate of drug-likeness (QED) is 0.466. The van der Waals surface area contributed by atoms with Crippen molar-refractivity contribution in [2.45, 2.75) is 13.1 Å². The van der Waals surface area contributed by atoms with Gasteiger partial charge in [-0.05, 0) is 29.5 Å². The summed E-state index contributed by atoms with van der Waals surface area (Å²) in [5, 5.41) is 7.04. The molecular weight excluding hydrogens is 300 g/mol. The molecule has 0 saturated carbocycles. The van der Waals surface area contributed by atoms with Crippen molar-refractivity contribution in [1.82, 2.24) is 0 Å². The molecule has 3 N–H and O–H groups in total. The maximum Gasteiger partial charge on any atom is 0.431 e. The molecule has 13 heavy (non-hydrogen) atoms. The Morgan fingerprint density at radius 1 is 1.54 bits per heavy atom. The van der Waals surface area contributed by atoms with E-state index in [4.69, 9.17) is 11.1 Å². The molecular formula is C6H8F3IN2O. The third kappa shape index (κ3) is 3.83. The number of ether oxygens (including phenoxy) is 1. The van der Waals surface area contributed by atoms with Crippen molar-refractivity contribution in [3.8, 4) is 0 Å². The van der Waals surface area contributed by atoms with Crippen molar-refractivity contribution >= 4 is 28.5 Å². The third-order valence-corrected chi connectivity index (χ3v) is 2.10. The Balaban J connectivity index is 4.72. The van der Waals surface area contributed by atoms with Gasteiger partial charge in [0.25, 0.3) is 0 Å². The van der Waals surface area contributed by atoms with Crippen molar-refractivity contribution in [1.29, 1.82) is 5.41 Å². The lowest BCUT2D eigenvalue weighted by Crippen LogP contribution is -2.23. The third-order valence-electron chi connectivity index (χ3n) is 1.03. The molecule has 0 amide bonds. The van der Waals surface area contributed by atoms with Crippen molar-refractivity contribution in [3.05, 3.63) is 9.28 Å². The van der Waals surface area contributed by atoms with E-state index in [9.17, 15) is 13.2 Å². The van der Waals surface area contributed by atoms with Crippen LogP contribution in [0.4, 0.5) is 13.2 Å². The van der Waals surface area contributed by atoms with Gasteiger partial charge in [0, 0.05) is 0 Å². The zero-order valence-electron chi connectivity index (χ0n) is 6.70. The maximum atomic E-state index is 12.0. The van der Waals surface area contributed by atoms with Gasteiger partial charge < -0.3 is 10.5 Å². The molecule has 0 heterocycles. The van der Waals surface area contributed by atoms with Gasteiger partial charge in [0.15, 0.2) is 0 Å². The molecule has 0 aliphatic carbocycles. The number of halogens is 4. The zero-order chi connectivity index (χ0) is 10.6. The normalized spacial score (nSPS) is 13.6. The number of rotatable bonds is 2. The van der Waals surface area contributed by atoms with Gasteiger partial charge in [-0.2, -0.15) is 13.2 Å². The van der Waals surface area contributed by atoms with E-state index in [0.717, 1.165) is 0 Å². The second-order valence-electron chi connectivity index (χ2n) is 1.99. The van der Waals surface area contributed by atoms with Crippen molar-refractivity contribution in [2.75, 3.05) is 6.61 Å². The summed E-state index contributed by atoms with van der Waals surface area (Å²) in [5.41, 5.74) is 3.45. The van der Waals surface area contributed by atoms with Gasteiger partial charge in [0.1, 0.15) is 9.28 Å². The minimum Gasteiger partial charge on any atom is -0.478 e. The van der Waals surface area contributed by atoms with E-state index < -0.39 is 21.4 Å². The van der Waals surface area contributed by atoms with Crippen LogP contribution in [-0.4, -0.2) is 18.7 Å². The second kappa shape index (κ2) is 4.68. The van der Waals surface area contributed by atoms with Crippen LogP contribution in [-0.2, 0) is 4.74 Å². The number of hydrogen-bond acceptors (Lipinski definition) is 3. The van der Waals surface area contributed by atoms with E-state index in [1.807, 2.05) is 0 Å². The SMILES string of the molecule is CCOC(=N)/C(I)=C(\N)C(F)(F)F. The predicted molar refractivity (Wildman–Crippen MR) is 50.6 cm³/mol. The van der Waals surface area contributed by atoms with Crippen LogP contribution in [0.2, 0.25) is 0 Å². The Bertz CT molecular complexity index is 237. The van der Waals surface area contributed by atoms with Gasteiger partial charge in [-0.1, -0.05) is 0 Å². The molecule has 7 heteroatoms. The first kappa shape index (κ1) is 12.5. The van der Waals surface area contributed by atoms with Crippen LogP contribution < -0.4 is 5.73 Å². The number of hydrogen-bond donors (Lipinski definition) is 2. The fraction of sp³-hybridized carbons (Fsp3) is 0.500. The second-order valence-corrected chi connectivity index (χ2v) is 3.07. The Labute approximate surface area is 86.8 Å².